The molecule has 1 aromatic rings. The Kier molecular flexibility index (Phi) is 5.20. The van der Waals surface area contributed by atoms with E-state index in [-0.39, 0.29) is 5.91 Å². The lowest BCUT2D eigenvalue weighted by Gasteiger charge is -2.03. The van der Waals surface area contributed by atoms with Crippen molar-refractivity contribution in [2.24, 2.45) is 11.0 Å². The molecule has 0 saturated carbocycles. The lowest BCUT2D eigenvalue weighted by Crippen LogP contribution is -2.20. The van der Waals surface area contributed by atoms with Gasteiger partial charge in [-0.3, -0.25) is 4.79 Å². The number of hydrogen-bond donors (Lipinski definition) is 1. The van der Waals surface area contributed by atoms with Gasteiger partial charge >= 0.3 is 0 Å². The van der Waals surface area contributed by atoms with E-state index in [1.807, 2.05) is 38.1 Å². The highest BCUT2D eigenvalue weighted by Gasteiger charge is 2.02. The van der Waals surface area contributed by atoms with Gasteiger partial charge in [-0.05, 0) is 23.6 Å². The molecule has 0 atom stereocenters. The number of carbonyl (C=O) groups is 1. The SMILES string of the molecule is COc1ccc(CC(=O)N/N=C/C(C)C)cc1. The highest BCUT2D eigenvalue weighted by atomic mass is 16.5. The minimum Gasteiger partial charge on any atom is -0.497 e. The first-order valence-electron chi connectivity index (χ1n) is 5.56. The van der Waals surface area contributed by atoms with Gasteiger partial charge in [0.05, 0.1) is 13.5 Å². The normalized spacial score (nSPS) is 10.8. The van der Waals surface area contributed by atoms with Crippen molar-refractivity contribution in [3.63, 3.8) is 0 Å². The highest BCUT2D eigenvalue weighted by Crippen LogP contribution is 2.11. The summed E-state index contributed by atoms with van der Waals surface area (Å²) in [5, 5.41) is 3.85. The summed E-state index contributed by atoms with van der Waals surface area (Å²) in [4.78, 5) is 11.5. The molecule has 1 amide bonds. The van der Waals surface area contributed by atoms with E-state index in [0.29, 0.717) is 12.3 Å². The minimum absolute atomic E-state index is 0.118. The number of carbonyl (C=O) groups excluding carboxylic acids is 1. The Hall–Kier alpha value is -1.84. The van der Waals surface area contributed by atoms with Gasteiger partial charge < -0.3 is 4.74 Å². The fourth-order valence-corrected chi connectivity index (χ4v) is 1.23. The summed E-state index contributed by atoms with van der Waals surface area (Å²) in [6.45, 7) is 4.00. The second-order valence-corrected chi connectivity index (χ2v) is 4.08. The van der Waals surface area contributed by atoms with Crippen LogP contribution in [0.1, 0.15) is 19.4 Å². The second kappa shape index (κ2) is 6.68. The molecule has 4 nitrogen and oxygen atoms in total. The summed E-state index contributed by atoms with van der Waals surface area (Å²) in [7, 11) is 1.61. The Morgan fingerprint density at radius 1 is 1.41 bits per heavy atom. The lowest BCUT2D eigenvalue weighted by molar-refractivity contribution is -0.120. The van der Waals surface area contributed by atoms with Crippen molar-refractivity contribution in [1.29, 1.82) is 0 Å². The highest BCUT2D eigenvalue weighted by molar-refractivity contribution is 5.79. The van der Waals surface area contributed by atoms with Gasteiger partial charge in [-0.25, -0.2) is 5.43 Å². The predicted molar refractivity (Wildman–Crippen MR) is 68.2 cm³/mol. The molecule has 0 bridgehead atoms. The van der Waals surface area contributed by atoms with Crippen LogP contribution in [0.15, 0.2) is 29.4 Å². The van der Waals surface area contributed by atoms with Crippen molar-refractivity contribution < 1.29 is 9.53 Å². The van der Waals surface area contributed by atoms with Gasteiger partial charge in [0.1, 0.15) is 5.75 Å². The first-order valence-corrected chi connectivity index (χ1v) is 5.56. The second-order valence-electron chi connectivity index (χ2n) is 4.08. The Morgan fingerprint density at radius 3 is 2.59 bits per heavy atom. The molecular weight excluding hydrogens is 216 g/mol. The van der Waals surface area contributed by atoms with Crippen LogP contribution in [0.5, 0.6) is 5.75 Å². The van der Waals surface area contributed by atoms with Crippen LogP contribution in [0.3, 0.4) is 0 Å². The molecule has 0 spiro atoms. The maximum atomic E-state index is 11.5. The average Bonchev–Trinajstić information content (AvgIpc) is 2.29. The van der Waals surface area contributed by atoms with Crippen LogP contribution in [0, 0.1) is 5.92 Å². The molecule has 1 rings (SSSR count). The van der Waals surface area contributed by atoms with Crippen LogP contribution >= 0.6 is 0 Å². The molecule has 0 radical (unpaired) electrons. The zero-order chi connectivity index (χ0) is 12.7. The quantitative estimate of drug-likeness (QED) is 0.625. The van der Waals surface area contributed by atoms with Crippen LogP contribution in [-0.4, -0.2) is 19.2 Å². The third kappa shape index (κ3) is 5.15. The first-order chi connectivity index (χ1) is 8.11. The van der Waals surface area contributed by atoms with Gasteiger partial charge in [0, 0.05) is 6.21 Å². The number of hydrogen-bond acceptors (Lipinski definition) is 3. The fraction of sp³-hybridized carbons (Fsp3) is 0.385. The lowest BCUT2D eigenvalue weighted by atomic mass is 10.1. The van der Waals surface area contributed by atoms with Gasteiger partial charge in [0.15, 0.2) is 0 Å². The van der Waals surface area contributed by atoms with Crippen LogP contribution in [-0.2, 0) is 11.2 Å². The Bertz CT molecular complexity index is 383. The molecule has 0 saturated heterocycles. The molecule has 1 N–H and O–H groups in total. The molecule has 17 heavy (non-hydrogen) atoms. The van der Waals surface area contributed by atoms with Gasteiger partial charge in [-0.2, -0.15) is 5.10 Å². The Balaban J connectivity index is 2.45. The summed E-state index contributed by atoms with van der Waals surface area (Å²) in [6.07, 6.45) is 2.02. The average molecular weight is 234 g/mol. The Labute approximate surface area is 102 Å². The van der Waals surface area contributed by atoms with Crippen LogP contribution in [0.25, 0.3) is 0 Å². The number of nitrogens with zero attached hydrogens (tertiary/aromatic N) is 1. The van der Waals surface area contributed by atoms with Crippen LogP contribution < -0.4 is 10.2 Å². The van der Waals surface area contributed by atoms with Crippen molar-refractivity contribution in [2.75, 3.05) is 7.11 Å². The molecule has 0 heterocycles. The van der Waals surface area contributed by atoms with Crippen LogP contribution in [0.4, 0.5) is 0 Å². The van der Waals surface area contributed by atoms with Gasteiger partial charge in [0.25, 0.3) is 0 Å². The van der Waals surface area contributed by atoms with Crippen LogP contribution in [0.2, 0.25) is 0 Å². The molecule has 0 unspecified atom stereocenters. The molecule has 0 aliphatic carbocycles. The summed E-state index contributed by atoms with van der Waals surface area (Å²) in [5.41, 5.74) is 3.42. The van der Waals surface area contributed by atoms with E-state index in [0.717, 1.165) is 11.3 Å². The smallest absolute Gasteiger partial charge is 0.244 e. The number of ether oxygens (including phenoxy) is 1. The summed E-state index contributed by atoms with van der Waals surface area (Å²) < 4.78 is 5.04. The monoisotopic (exact) mass is 234 g/mol. The predicted octanol–water partition coefficient (Wildman–Crippen LogP) is 2.00. The van der Waals surface area contributed by atoms with E-state index in [4.69, 9.17) is 4.74 Å². The molecule has 1 aromatic carbocycles. The number of benzene rings is 1. The number of hydrazone groups is 1. The van der Waals surface area contributed by atoms with Gasteiger partial charge in [-0.15, -0.1) is 0 Å². The van der Waals surface area contributed by atoms with E-state index in [1.54, 1.807) is 13.3 Å². The van der Waals surface area contributed by atoms with Gasteiger partial charge in [-0.1, -0.05) is 26.0 Å². The Morgan fingerprint density at radius 2 is 2.06 bits per heavy atom. The van der Waals surface area contributed by atoms with Gasteiger partial charge in [0.2, 0.25) is 5.91 Å². The van der Waals surface area contributed by atoms with Crippen molar-refractivity contribution in [2.45, 2.75) is 20.3 Å². The first kappa shape index (κ1) is 13.2. The van der Waals surface area contributed by atoms with E-state index in [9.17, 15) is 4.79 Å². The summed E-state index contributed by atoms with van der Waals surface area (Å²) in [5.74, 6) is 0.996. The topological polar surface area (TPSA) is 50.7 Å². The van der Waals surface area contributed by atoms with E-state index >= 15 is 0 Å². The molecule has 0 fully saturated rings. The van der Waals surface area contributed by atoms with Crippen molar-refractivity contribution >= 4 is 12.1 Å². The standard InChI is InChI=1S/C13H18N2O2/c1-10(2)9-14-15-13(16)8-11-4-6-12(17-3)7-5-11/h4-7,9-10H,8H2,1-3H3,(H,15,16)/b14-9+. The summed E-state index contributed by atoms with van der Waals surface area (Å²) >= 11 is 0. The fourth-order valence-electron chi connectivity index (χ4n) is 1.23. The maximum absolute atomic E-state index is 11.5. The van der Waals surface area contributed by atoms with Crippen molar-refractivity contribution in [3.8, 4) is 5.75 Å². The summed E-state index contributed by atoms with van der Waals surface area (Å²) in [6, 6.07) is 7.40. The van der Waals surface area contributed by atoms with E-state index < -0.39 is 0 Å². The van der Waals surface area contributed by atoms with E-state index in [2.05, 4.69) is 10.5 Å². The number of amides is 1. The molecule has 92 valence electrons. The third-order valence-electron chi connectivity index (χ3n) is 2.09. The number of methoxy groups -OCH3 is 1. The zero-order valence-corrected chi connectivity index (χ0v) is 10.4. The molecule has 0 aromatic heterocycles. The molecular formula is C13H18N2O2. The third-order valence-corrected chi connectivity index (χ3v) is 2.09. The largest absolute Gasteiger partial charge is 0.497 e. The van der Waals surface area contributed by atoms with E-state index in [1.165, 1.54) is 0 Å². The number of nitrogens with one attached hydrogen (secondary N) is 1. The minimum atomic E-state index is -0.118. The maximum Gasteiger partial charge on any atom is 0.244 e. The molecule has 0 aliphatic heterocycles. The molecule has 4 heteroatoms. The molecule has 0 aliphatic rings. The number of rotatable bonds is 5. The van der Waals surface area contributed by atoms with Crippen molar-refractivity contribution in [1.82, 2.24) is 5.43 Å². The van der Waals surface area contributed by atoms with Crippen molar-refractivity contribution in [3.05, 3.63) is 29.8 Å². The zero-order valence-electron chi connectivity index (χ0n) is 10.4.